The number of aromatic nitrogens is 1. The van der Waals surface area contributed by atoms with Crippen molar-refractivity contribution in [3.05, 3.63) is 76.0 Å². The summed E-state index contributed by atoms with van der Waals surface area (Å²) in [7, 11) is 1.56. The van der Waals surface area contributed by atoms with E-state index in [0.29, 0.717) is 23.4 Å². The number of aryl methyl sites for hydroxylation is 2. The van der Waals surface area contributed by atoms with E-state index in [1.54, 1.807) is 45.0 Å². The number of carboxylic acid groups (broad SMARTS) is 1. The maximum Gasteiger partial charge on any atom is 0.490 e. The largest absolute Gasteiger partial charge is 0.497 e. The number of halogens is 3. The highest BCUT2D eigenvalue weighted by Crippen LogP contribution is 2.36. The molecule has 2 aromatic carbocycles. The van der Waals surface area contributed by atoms with E-state index in [1.807, 2.05) is 0 Å². The molecule has 0 bridgehead atoms. The van der Waals surface area contributed by atoms with Crippen molar-refractivity contribution in [3.8, 4) is 5.75 Å². The monoisotopic (exact) mass is 652 g/mol. The lowest BCUT2D eigenvalue weighted by Crippen LogP contribution is -2.34. The number of ether oxygens (including phenoxy) is 1. The molecule has 11 nitrogen and oxygen atoms in total. The molecule has 0 spiro atoms. The first kappa shape index (κ1) is 33.9. The van der Waals surface area contributed by atoms with Crippen LogP contribution < -0.4 is 4.74 Å². The number of benzene rings is 2. The number of carbonyl (C=O) groups is 2. The normalized spacial score (nSPS) is 15.0. The van der Waals surface area contributed by atoms with Crippen LogP contribution in [0.15, 0.2) is 45.9 Å². The van der Waals surface area contributed by atoms with E-state index >= 15 is 0 Å². The lowest BCUT2D eigenvalue weighted by atomic mass is 10.1. The van der Waals surface area contributed by atoms with Gasteiger partial charge < -0.3 is 19.2 Å². The van der Waals surface area contributed by atoms with Crippen molar-refractivity contribution in [3.63, 3.8) is 0 Å². The summed E-state index contributed by atoms with van der Waals surface area (Å²) in [5.41, 5.74) is 5.06. The molecule has 1 saturated carbocycles. The molecule has 1 aliphatic carbocycles. The molecule has 1 N–H and O–H groups in total. The van der Waals surface area contributed by atoms with E-state index in [-0.39, 0.29) is 35.0 Å². The van der Waals surface area contributed by atoms with E-state index in [2.05, 4.69) is 35.1 Å². The minimum absolute atomic E-state index is 0.0345. The Kier molecular flexibility index (Phi) is 9.94. The molecule has 0 radical (unpaired) electrons. The van der Waals surface area contributed by atoms with Crippen LogP contribution in [-0.4, -0.2) is 77.9 Å². The van der Waals surface area contributed by atoms with Crippen LogP contribution in [0.2, 0.25) is 0 Å². The summed E-state index contributed by atoms with van der Waals surface area (Å²) in [6, 6.07) is 9.66. The molecule has 1 fully saturated rings. The Morgan fingerprint density at radius 1 is 1.09 bits per heavy atom. The highest BCUT2D eigenvalue weighted by atomic mass is 32.2. The second kappa shape index (κ2) is 13.2. The molecule has 0 saturated heterocycles. The highest BCUT2D eigenvalue weighted by molar-refractivity contribution is 7.89. The van der Waals surface area contributed by atoms with Crippen molar-refractivity contribution in [1.82, 2.24) is 19.1 Å². The van der Waals surface area contributed by atoms with E-state index < -0.39 is 22.2 Å². The average Bonchev–Trinajstić information content (AvgIpc) is 3.55. The Bertz CT molecular complexity index is 1660. The molecule has 5 rings (SSSR count). The van der Waals surface area contributed by atoms with Crippen LogP contribution in [0, 0.1) is 13.8 Å². The maximum absolute atomic E-state index is 13.8. The van der Waals surface area contributed by atoms with Crippen LogP contribution in [0.4, 0.5) is 13.2 Å². The van der Waals surface area contributed by atoms with Gasteiger partial charge in [0.25, 0.3) is 5.91 Å². The Labute approximate surface area is 259 Å². The fraction of sp³-hybridized carbons (Fsp3) is 0.433. The van der Waals surface area contributed by atoms with Gasteiger partial charge in [0.05, 0.1) is 18.6 Å². The van der Waals surface area contributed by atoms with Crippen LogP contribution in [0.25, 0.3) is 0 Å². The molecule has 1 amide bonds. The number of fused-ring (bicyclic) bond motifs is 1. The number of oxazole rings is 1. The summed E-state index contributed by atoms with van der Waals surface area (Å²) in [4.78, 5) is 30.5. The maximum atomic E-state index is 13.8. The van der Waals surface area contributed by atoms with Gasteiger partial charge in [-0.1, -0.05) is 18.2 Å². The molecular formula is C30H35F3N4O7S. The van der Waals surface area contributed by atoms with Gasteiger partial charge in [-0.2, -0.15) is 17.5 Å². The number of nitrogens with zero attached hydrogens (tertiary/aromatic N) is 4. The number of hydrogen-bond acceptors (Lipinski definition) is 8. The van der Waals surface area contributed by atoms with Gasteiger partial charge in [0.15, 0.2) is 5.69 Å². The van der Waals surface area contributed by atoms with E-state index in [9.17, 15) is 26.4 Å². The van der Waals surface area contributed by atoms with Gasteiger partial charge >= 0.3 is 12.1 Å². The SMILES string of the molecule is COc1cc(C)c(S(=O)(=O)N(Cc2nc(C(=O)N(C)Cc3ccc4c(c3)CN(C)C4)co2)C2CC2)c(C)c1.O=C(O)C(F)(F)F. The molecule has 2 aliphatic rings. The summed E-state index contributed by atoms with van der Waals surface area (Å²) in [6.45, 7) is 5.79. The fourth-order valence-electron chi connectivity index (χ4n) is 5.20. The molecule has 1 aromatic heterocycles. The van der Waals surface area contributed by atoms with Crippen molar-refractivity contribution in [1.29, 1.82) is 0 Å². The van der Waals surface area contributed by atoms with Crippen molar-refractivity contribution < 1.29 is 45.4 Å². The molecule has 244 valence electrons. The number of alkyl halides is 3. The van der Waals surface area contributed by atoms with Crippen LogP contribution in [0.5, 0.6) is 5.75 Å². The van der Waals surface area contributed by atoms with Crippen molar-refractivity contribution in [2.24, 2.45) is 0 Å². The first-order valence-corrected chi connectivity index (χ1v) is 15.4. The molecule has 3 aromatic rings. The average molecular weight is 653 g/mol. The zero-order valence-electron chi connectivity index (χ0n) is 25.5. The minimum Gasteiger partial charge on any atom is -0.497 e. The van der Waals surface area contributed by atoms with Crippen molar-refractivity contribution >= 4 is 21.9 Å². The van der Waals surface area contributed by atoms with Crippen molar-refractivity contribution in [2.45, 2.75) is 70.0 Å². The third kappa shape index (κ3) is 8.02. The van der Waals surface area contributed by atoms with Gasteiger partial charge in [-0.3, -0.25) is 9.69 Å². The summed E-state index contributed by atoms with van der Waals surface area (Å²) >= 11 is 0. The number of carbonyl (C=O) groups excluding carboxylic acids is 1. The summed E-state index contributed by atoms with van der Waals surface area (Å²) in [5.74, 6) is -2.22. The Morgan fingerprint density at radius 3 is 2.24 bits per heavy atom. The molecular weight excluding hydrogens is 617 g/mol. The first-order valence-electron chi connectivity index (χ1n) is 14.0. The Morgan fingerprint density at radius 2 is 1.69 bits per heavy atom. The highest BCUT2D eigenvalue weighted by Gasteiger charge is 2.41. The fourth-order valence-corrected chi connectivity index (χ4v) is 7.25. The third-order valence-corrected chi connectivity index (χ3v) is 9.62. The second-order valence-corrected chi connectivity index (χ2v) is 13.1. The zero-order valence-corrected chi connectivity index (χ0v) is 26.3. The van der Waals surface area contributed by atoms with Gasteiger partial charge in [-0.25, -0.2) is 18.2 Å². The van der Waals surface area contributed by atoms with Gasteiger partial charge in [0, 0.05) is 32.7 Å². The second-order valence-electron chi connectivity index (χ2n) is 11.2. The lowest BCUT2D eigenvalue weighted by molar-refractivity contribution is -0.192. The molecule has 1 aliphatic heterocycles. The summed E-state index contributed by atoms with van der Waals surface area (Å²) in [5, 5.41) is 7.12. The number of carboxylic acids is 1. The van der Waals surface area contributed by atoms with Crippen LogP contribution in [0.3, 0.4) is 0 Å². The molecule has 0 unspecified atom stereocenters. The van der Waals surface area contributed by atoms with Gasteiger partial charge in [0.2, 0.25) is 15.9 Å². The van der Waals surface area contributed by atoms with Crippen LogP contribution in [0.1, 0.15) is 57.0 Å². The standard InChI is InChI=1S/C28H34N4O5S.C2HF3O2/c1-18-10-24(36-5)11-19(2)27(18)38(34,35)32(23-8-9-23)16-26-29-25(17-37-26)28(33)31(4)13-20-6-7-21-14-30(3)15-22(21)12-20;3-2(4,5)1(6)7/h6-7,10-12,17,23H,8-9,13-16H2,1-5H3;(H,6,7). The summed E-state index contributed by atoms with van der Waals surface area (Å²) < 4.78 is 71.6. The van der Waals surface area contributed by atoms with Gasteiger partial charge in [-0.15, -0.1) is 0 Å². The van der Waals surface area contributed by atoms with E-state index in [1.165, 1.54) is 21.7 Å². The number of aliphatic carboxylic acids is 1. The lowest BCUT2D eigenvalue weighted by Gasteiger charge is -2.23. The topological polar surface area (TPSA) is 133 Å². The van der Waals surface area contributed by atoms with E-state index in [4.69, 9.17) is 19.1 Å². The van der Waals surface area contributed by atoms with E-state index in [0.717, 1.165) is 31.5 Å². The number of hydrogen-bond donors (Lipinski definition) is 1. The minimum atomic E-state index is -5.08. The summed E-state index contributed by atoms with van der Waals surface area (Å²) in [6.07, 6.45) is -2.22. The smallest absolute Gasteiger partial charge is 0.490 e. The Balaban J connectivity index is 0.000000591. The third-order valence-electron chi connectivity index (χ3n) is 7.41. The quantitative estimate of drug-likeness (QED) is 0.355. The molecule has 2 heterocycles. The number of rotatable bonds is 9. The number of amides is 1. The molecule has 0 atom stereocenters. The van der Waals surface area contributed by atoms with Crippen LogP contribution >= 0.6 is 0 Å². The molecule has 45 heavy (non-hydrogen) atoms. The van der Waals surface area contributed by atoms with Crippen LogP contribution in [-0.2, 0) is 41.0 Å². The predicted octanol–water partition coefficient (Wildman–Crippen LogP) is 4.50. The Hall–Kier alpha value is -3.95. The zero-order chi connectivity index (χ0) is 33.3. The number of methoxy groups -OCH3 is 1. The van der Waals surface area contributed by atoms with Crippen molar-refractivity contribution in [2.75, 3.05) is 21.2 Å². The predicted molar refractivity (Wildman–Crippen MR) is 156 cm³/mol. The first-order chi connectivity index (χ1) is 21.0. The van der Waals surface area contributed by atoms with Gasteiger partial charge in [-0.05, 0) is 73.7 Å². The number of sulfonamides is 1. The molecule has 15 heteroatoms. The van der Waals surface area contributed by atoms with Gasteiger partial charge in [0.1, 0.15) is 12.0 Å².